The van der Waals surface area contributed by atoms with E-state index in [1.165, 1.54) is 11.0 Å². The monoisotopic (exact) mass is 339 g/mol. The molecule has 0 aliphatic carbocycles. The van der Waals surface area contributed by atoms with Crippen LogP contribution in [-0.2, 0) is 14.6 Å². The van der Waals surface area contributed by atoms with Gasteiger partial charge in [0.2, 0.25) is 0 Å². The van der Waals surface area contributed by atoms with E-state index in [1.807, 2.05) is 6.92 Å². The van der Waals surface area contributed by atoms with Crippen molar-refractivity contribution >= 4 is 21.7 Å². The quantitative estimate of drug-likeness (QED) is 0.905. The number of aliphatic carboxylic acids is 1. The average molecular weight is 339 g/mol. The lowest BCUT2D eigenvalue weighted by Crippen LogP contribution is -2.49. The largest absolute Gasteiger partial charge is 0.480 e. The maximum absolute atomic E-state index is 12.7. The van der Waals surface area contributed by atoms with Crippen molar-refractivity contribution in [2.75, 3.05) is 12.8 Å². The number of hydrogen-bond donors (Lipinski definition) is 1. The molecule has 1 aliphatic heterocycles. The molecular formula is C16H21NO5S. The van der Waals surface area contributed by atoms with Gasteiger partial charge in [-0.2, -0.15) is 0 Å². The number of benzene rings is 1. The van der Waals surface area contributed by atoms with Crippen LogP contribution in [0.3, 0.4) is 0 Å². The number of sulfone groups is 1. The molecule has 1 heterocycles. The molecule has 126 valence electrons. The van der Waals surface area contributed by atoms with E-state index in [-0.39, 0.29) is 16.4 Å². The van der Waals surface area contributed by atoms with Crippen LogP contribution in [0, 0.1) is 12.8 Å². The summed E-state index contributed by atoms with van der Waals surface area (Å²) in [5.74, 6) is -1.22. The molecule has 2 unspecified atom stereocenters. The van der Waals surface area contributed by atoms with Crippen molar-refractivity contribution in [2.24, 2.45) is 5.92 Å². The molecule has 1 saturated heterocycles. The molecule has 0 radical (unpaired) electrons. The molecule has 6 nitrogen and oxygen atoms in total. The highest BCUT2D eigenvalue weighted by Gasteiger charge is 2.35. The number of piperidine rings is 1. The van der Waals surface area contributed by atoms with Gasteiger partial charge < -0.3 is 10.0 Å². The van der Waals surface area contributed by atoms with Gasteiger partial charge in [-0.15, -0.1) is 0 Å². The number of aryl methyl sites for hydroxylation is 1. The van der Waals surface area contributed by atoms with Gasteiger partial charge in [0.15, 0.2) is 9.84 Å². The van der Waals surface area contributed by atoms with E-state index in [9.17, 15) is 23.1 Å². The van der Waals surface area contributed by atoms with Gasteiger partial charge >= 0.3 is 5.97 Å². The van der Waals surface area contributed by atoms with Gasteiger partial charge in [0.25, 0.3) is 5.91 Å². The Hall–Kier alpha value is -1.89. The van der Waals surface area contributed by atoms with Crippen LogP contribution in [0.4, 0.5) is 0 Å². The van der Waals surface area contributed by atoms with Crippen molar-refractivity contribution in [2.45, 2.75) is 37.6 Å². The molecule has 2 rings (SSSR count). The van der Waals surface area contributed by atoms with Gasteiger partial charge in [-0.05, 0) is 43.4 Å². The molecule has 1 amide bonds. The van der Waals surface area contributed by atoms with E-state index < -0.39 is 27.8 Å². The highest BCUT2D eigenvalue weighted by Crippen LogP contribution is 2.25. The lowest BCUT2D eigenvalue weighted by molar-refractivity contribution is -0.144. The fourth-order valence-corrected chi connectivity index (χ4v) is 3.91. The normalized spacial score (nSPS) is 22.0. The minimum atomic E-state index is -3.45. The summed E-state index contributed by atoms with van der Waals surface area (Å²) in [6, 6.07) is 3.59. The molecule has 0 aromatic heterocycles. The zero-order valence-electron chi connectivity index (χ0n) is 13.4. The fraction of sp³-hybridized carbons (Fsp3) is 0.500. The van der Waals surface area contributed by atoms with Crippen LogP contribution in [0.25, 0.3) is 0 Å². The van der Waals surface area contributed by atoms with Gasteiger partial charge in [-0.3, -0.25) is 4.79 Å². The zero-order valence-corrected chi connectivity index (χ0v) is 14.3. The topological polar surface area (TPSA) is 91.8 Å². The predicted molar refractivity (Wildman–Crippen MR) is 85.1 cm³/mol. The lowest BCUT2D eigenvalue weighted by Gasteiger charge is -2.36. The van der Waals surface area contributed by atoms with Gasteiger partial charge in [-0.1, -0.05) is 13.0 Å². The van der Waals surface area contributed by atoms with Crippen molar-refractivity contribution in [1.29, 1.82) is 0 Å². The van der Waals surface area contributed by atoms with Crippen LogP contribution in [0.15, 0.2) is 23.1 Å². The van der Waals surface area contributed by atoms with Crippen molar-refractivity contribution < 1.29 is 23.1 Å². The third-order valence-corrected chi connectivity index (χ3v) is 5.48. The number of carbonyl (C=O) groups is 2. The molecular weight excluding hydrogens is 318 g/mol. The van der Waals surface area contributed by atoms with Gasteiger partial charge in [0.05, 0.1) is 4.90 Å². The van der Waals surface area contributed by atoms with E-state index >= 15 is 0 Å². The number of hydrogen-bond acceptors (Lipinski definition) is 4. The van der Waals surface area contributed by atoms with E-state index in [2.05, 4.69) is 0 Å². The molecule has 0 spiro atoms. The maximum atomic E-state index is 12.7. The Balaban J connectivity index is 2.38. The molecule has 7 heteroatoms. The molecule has 23 heavy (non-hydrogen) atoms. The molecule has 0 bridgehead atoms. The molecule has 1 aromatic carbocycles. The van der Waals surface area contributed by atoms with Crippen molar-refractivity contribution in [3.8, 4) is 0 Å². The predicted octanol–water partition coefficient (Wildman–Crippen LogP) is 1.72. The van der Waals surface area contributed by atoms with Gasteiger partial charge in [0.1, 0.15) is 6.04 Å². The molecule has 0 saturated carbocycles. The summed E-state index contributed by atoms with van der Waals surface area (Å²) < 4.78 is 23.6. The third-order valence-electron chi connectivity index (χ3n) is 4.25. The molecule has 1 fully saturated rings. The lowest BCUT2D eigenvalue weighted by atomic mass is 9.92. The maximum Gasteiger partial charge on any atom is 0.326 e. The van der Waals surface area contributed by atoms with E-state index in [0.717, 1.165) is 12.7 Å². The van der Waals surface area contributed by atoms with Gasteiger partial charge in [0, 0.05) is 18.4 Å². The highest BCUT2D eigenvalue weighted by molar-refractivity contribution is 7.90. The van der Waals surface area contributed by atoms with Crippen LogP contribution < -0.4 is 0 Å². The Kier molecular flexibility index (Phi) is 4.79. The molecule has 1 aromatic rings. The average Bonchev–Trinajstić information content (AvgIpc) is 2.45. The van der Waals surface area contributed by atoms with E-state index in [0.29, 0.717) is 18.5 Å². The van der Waals surface area contributed by atoms with E-state index in [1.54, 1.807) is 19.1 Å². The number of carbonyl (C=O) groups excluding carboxylic acids is 1. The second-order valence-electron chi connectivity index (χ2n) is 6.23. The molecule has 1 N–H and O–H groups in total. The Labute approximate surface area is 136 Å². The van der Waals surface area contributed by atoms with E-state index in [4.69, 9.17) is 0 Å². The van der Waals surface area contributed by atoms with Gasteiger partial charge in [-0.25, -0.2) is 13.2 Å². The van der Waals surface area contributed by atoms with Crippen molar-refractivity contribution in [3.05, 3.63) is 29.3 Å². The minimum absolute atomic E-state index is 0.0978. The van der Waals surface area contributed by atoms with Crippen molar-refractivity contribution in [3.63, 3.8) is 0 Å². The number of likely N-dealkylation sites (tertiary alicyclic amines) is 1. The Morgan fingerprint density at radius 1 is 1.30 bits per heavy atom. The Bertz CT molecular complexity index is 741. The number of carboxylic acid groups (broad SMARTS) is 1. The minimum Gasteiger partial charge on any atom is -0.480 e. The smallest absolute Gasteiger partial charge is 0.326 e. The number of rotatable bonds is 3. The second-order valence-corrected chi connectivity index (χ2v) is 8.22. The second kappa shape index (κ2) is 6.31. The summed E-state index contributed by atoms with van der Waals surface area (Å²) in [4.78, 5) is 25.5. The first-order valence-electron chi connectivity index (χ1n) is 7.45. The fourth-order valence-electron chi connectivity index (χ4n) is 2.92. The summed E-state index contributed by atoms with van der Waals surface area (Å²) in [5.41, 5.74) is 0.767. The SMILES string of the molecule is Cc1ccc(C(=O)N2CCC(C)CC2C(=O)O)cc1S(C)(=O)=O. The zero-order chi connectivity index (χ0) is 17.4. The number of nitrogens with zero attached hydrogens (tertiary/aromatic N) is 1. The summed E-state index contributed by atoms with van der Waals surface area (Å²) in [6.45, 7) is 3.98. The summed E-state index contributed by atoms with van der Waals surface area (Å²) in [6.07, 6.45) is 2.23. The van der Waals surface area contributed by atoms with Crippen LogP contribution in [0.2, 0.25) is 0 Å². The first-order chi connectivity index (χ1) is 10.6. The standard InChI is InChI=1S/C16H21NO5S/c1-10-6-7-17(13(8-10)16(19)20)15(18)12-5-4-11(2)14(9-12)23(3,21)22/h4-5,9-10,13H,6-8H2,1-3H3,(H,19,20). The summed E-state index contributed by atoms with van der Waals surface area (Å²) >= 11 is 0. The highest BCUT2D eigenvalue weighted by atomic mass is 32.2. The van der Waals surface area contributed by atoms with Crippen molar-refractivity contribution in [1.82, 2.24) is 4.90 Å². The summed E-state index contributed by atoms with van der Waals surface area (Å²) in [7, 11) is -3.45. The Morgan fingerprint density at radius 2 is 1.96 bits per heavy atom. The summed E-state index contributed by atoms with van der Waals surface area (Å²) in [5, 5.41) is 9.36. The first kappa shape index (κ1) is 17.5. The Morgan fingerprint density at radius 3 is 2.52 bits per heavy atom. The third kappa shape index (κ3) is 3.72. The molecule has 2 atom stereocenters. The van der Waals surface area contributed by atoms with Crippen LogP contribution >= 0.6 is 0 Å². The first-order valence-corrected chi connectivity index (χ1v) is 9.35. The van der Waals surface area contributed by atoms with Crippen LogP contribution in [0.5, 0.6) is 0 Å². The number of amides is 1. The van der Waals surface area contributed by atoms with Crippen LogP contribution in [-0.4, -0.2) is 49.1 Å². The number of carboxylic acids is 1. The molecule has 1 aliphatic rings. The van der Waals surface area contributed by atoms with Crippen LogP contribution in [0.1, 0.15) is 35.7 Å².